The maximum Gasteiger partial charge on any atom is 0.332 e. The highest BCUT2D eigenvalue weighted by Gasteiger charge is 2.25. The van der Waals surface area contributed by atoms with Gasteiger partial charge in [-0.3, -0.25) is 18.3 Å². The van der Waals surface area contributed by atoms with Gasteiger partial charge in [0, 0.05) is 37.9 Å². The predicted octanol–water partition coefficient (Wildman–Crippen LogP) is 1.64. The minimum atomic E-state index is -0.361. The maximum absolute atomic E-state index is 12.6. The van der Waals surface area contributed by atoms with Crippen molar-refractivity contribution in [2.24, 2.45) is 20.0 Å². The lowest BCUT2D eigenvalue weighted by atomic mass is 9.92. The topological polar surface area (TPSA) is 66.2 Å². The fourth-order valence-electron chi connectivity index (χ4n) is 3.16. The first-order valence-corrected chi connectivity index (χ1v) is 8.21. The van der Waals surface area contributed by atoms with E-state index in [1.165, 1.54) is 11.6 Å². The molecule has 7 heteroatoms. The molecular formula is C17H25N5O2. The number of rotatable bonds is 2. The molecule has 0 unspecified atom stereocenters. The molecule has 0 bridgehead atoms. The fourth-order valence-corrected chi connectivity index (χ4v) is 3.16. The van der Waals surface area contributed by atoms with Crippen LogP contribution < -0.4 is 11.2 Å². The summed E-state index contributed by atoms with van der Waals surface area (Å²) in [5, 5.41) is 0. The molecule has 0 fully saturated rings. The first-order chi connectivity index (χ1) is 11.0. The third kappa shape index (κ3) is 2.22. The second kappa shape index (κ2) is 5.09. The van der Waals surface area contributed by atoms with Crippen LogP contribution in [0, 0.1) is 5.92 Å². The summed E-state index contributed by atoms with van der Waals surface area (Å²) in [5.41, 5.74) is 1.24. The van der Waals surface area contributed by atoms with Crippen LogP contribution in [0.1, 0.15) is 40.3 Å². The first kappa shape index (κ1) is 16.5. The van der Waals surface area contributed by atoms with Crippen LogP contribution >= 0.6 is 0 Å². The van der Waals surface area contributed by atoms with Gasteiger partial charge in [-0.2, -0.15) is 4.98 Å². The molecule has 0 atom stereocenters. The number of nitrogens with zero attached hydrogens (tertiary/aromatic N) is 5. The Morgan fingerprint density at radius 2 is 1.75 bits per heavy atom. The largest absolute Gasteiger partial charge is 0.332 e. The lowest BCUT2D eigenvalue weighted by Crippen LogP contribution is -2.37. The fraction of sp³-hybridized carbons (Fsp3) is 0.588. The smallest absolute Gasteiger partial charge is 0.313 e. The summed E-state index contributed by atoms with van der Waals surface area (Å²) in [4.78, 5) is 29.4. The molecule has 0 aliphatic carbocycles. The van der Waals surface area contributed by atoms with Crippen LogP contribution in [0.3, 0.4) is 0 Å². The molecule has 0 saturated carbocycles. The standard InChI is InChI=1S/C17H25N5O2/c1-10(2)8-21-11(17(3,4)5)9-22-12-13(18-15(21)22)19(6)16(24)20(7)14(12)23/h9-10H,8H2,1-7H3. The molecule has 3 rings (SSSR count). The van der Waals surface area contributed by atoms with Crippen molar-refractivity contribution in [2.45, 2.75) is 46.6 Å². The summed E-state index contributed by atoms with van der Waals surface area (Å²) in [5.74, 6) is 1.15. The third-order valence-electron chi connectivity index (χ3n) is 4.37. The number of aromatic nitrogens is 5. The van der Waals surface area contributed by atoms with Gasteiger partial charge in [0.2, 0.25) is 5.78 Å². The Morgan fingerprint density at radius 1 is 1.12 bits per heavy atom. The molecular weight excluding hydrogens is 306 g/mol. The molecule has 0 amide bonds. The van der Waals surface area contributed by atoms with Gasteiger partial charge in [-0.15, -0.1) is 0 Å². The molecule has 0 spiro atoms. The summed E-state index contributed by atoms with van der Waals surface area (Å²) in [6, 6.07) is 0. The second-order valence-electron chi connectivity index (χ2n) is 7.93. The third-order valence-corrected chi connectivity index (χ3v) is 4.37. The SMILES string of the molecule is CC(C)Cn1c(C(C)(C)C)cn2c3c(=O)n(C)c(=O)n(C)c3nc12. The normalized spacial score (nSPS) is 12.8. The summed E-state index contributed by atoms with van der Waals surface area (Å²) < 4.78 is 6.56. The van der Waals surface area contributed by atoms with E-state index in [-0.39, 0.29) is 16.7 Å². The zero-order chi connectivity index (χ0) is 18.0. The first-order valence-electron chi connectivity index (χ1n) is 8.21. The van der Waals surface area contributed by atoms with Gasteiger partial charge in [-0.05, 0) is 5.92 Å². The Kier molecular flexibility index (Phi) is 3.51. The van der Waals surface area contributed by atoms with Crippen LogP contribution in [0.25, 0.3) is 16.9 Å². The van der Waals surface area contributed by atoms with Gasteiger partial charge in [-0.25, -0.2) is 4.79 Å². The predicted molar refractivity (Wildman–Crippen MR) is 94.7 cm³/mol. The van der Waals surface area contributed by atoms with E-state index >= 15 is 0 Å². The van der Waals surface area contributed by atoms with Crippen molar-refractivity contribution in [1.29, 1.82) is 0 Å². The zero-order valence-electron chi connectivity index (χ0n) is 15.4. The van der Waals surface area contributed by atoms with E-state index in [4.69, 9.17) is 0 Å². The summed E-state index contributed by atoms with van der Waals surface area (Å²) >= 11 is 0. The van der Waals surface area contributed by atoms with Crippen LogP contribution in [0.4, 0.5) is 0 Å². The molecule has 0 N–H and O–H groups in total. The van der Waals surface area contributed by atoms with Crippen molar-refractivity contribution >= 4 is 16.9 Å². The zero-order valence-corrected chi connectivity index (χ0v) is 15.4. The van der Waals surface area contributed by atoms with E-state index in [1.54, 1.807) is 7.05 Å². The average Bonchev–Trinajstić information content (AvgIpc) is 2.99. The van der Waals surface area contributed by atoms with Gasteiger partial charge >= 0.3 is 5.69 Å². The van der Waals surface area contributed by atoms with Gasteiger partial charge in [0.15, 0.2) is 11.2 Å². The van der Waals surface area contributed by atoms with Crippen molar-refractivity contribution < 1.29 is 0 Å². The van der Waals surface area contributed by atoms with Crippen LogP contribution in [0.2, 0.25) is 0 Å². The molecule has 3 aromatic heterocycles. The summed E-state index contributed by atoms with van der Waals surface area (Å²) in [7, 11) is 3.15. The summed E-state index contributed by atoms with van der Waals surface area (Å²) in [6.45, 7) is 11.6. The van der Waals surface area contributed by atoms with Crippen molar-refractivity contribution in [3.63, 3.8) is 0 Å². The monoisotopic (exact) mass is 331 g/mol. The highest BCUT2D eigenvalue weighted by molar-refractivity contribution is 5.75. The van der Waals surface area contributed by atoms with E-state index in [9.17, 15) is 9.59 Å². The van der Waals surface area contributed by atoms with E-state index < -0.39 is 0 Å². The molecule has 3 heterocycles. The Balaban J connectivity index is 2.52. The van der Waals surface area contributed by atoms with E-state index in [2.05, 4.69) is 44.2 Å². The number of fused-ring (bicyclic) bond motifs is 3. The molecule has 7 nitrogen and oxygen atoms in total. The van der Waals surface area contributed by atoms with Crippen LogP contribution in [-0.2, 0) is 26.1 Å². The molecule has 0 aliphatic heterocycles. The van der Waals surface area contributed by atoms with Gasteiger partial charge < -0.3 is 4.57 Å². The second-order valence-corrected chi connectivity index (χ2v) is 7.93. The van der Waals surface area contributed by atoms with Crippen LogP contribution in [0.15, 0.2) is 15.8 Å². The summed E-state index contributed by atoms with van der Waals surface area (Å²) in [6.07, 6.45) is 1.99. The van der Waals surface area contributed by atoms with E-state index in [0.717, 1.165) is 16.8 Å². The van der Waals surface area contributed by atoms with E-state index in [1.807, 2.05) is 10.6 Å². The number of hydrogen-bond donors (Lipinski definition) is 0. The minimum Gasteiger partial charge on any atom is -0.313 e. The Morgan fingerprint density at radius 3 is 2.29 bits per heavy atom. The number of aryl methyl sites for hydroxylation is 1. The van der Waals surface area contributed by atoms with Crippen molar-refractivity contribution in [1.82, 2.24) is 23.1 Å². The molecule has 0 aliphatic rings. The quantitative estimate of drug-likeness (QED) is 0.717. The minimum absolute atomic E-state index is 0.0756. The molecule has 0 saturated heterocycles. The number of imidazole rings is 2. The Labute approximate surface area is 140 Å². The highest BCUT2D eigenvalue weighted by Crippen LogP contribution is 2.27. The van der Waals surface area contributed by atoms with E-state index in [0.29, 0.717) is 22.9 Å². The molecule has 130 valence electrons. The maximum atomic E-state index is 12.6. The molecule has 0 aromatic carbocycles. The molecule has 24 heavy (non-hydrogen) atoms. The van der Waals surface area contributed by atoms with Crippen LogP contribution in [0.5, 0.6) is 0 Å². The lowest BCUT2D eigenvalue weighted by molar-refractivity contribution is 0.469. The lowest BCUT2D eigenvalue weighted by Gasteiger charge is -2.21. The van der Waals surface area contributed by atoms with Crippen molar-refractivity contribution in [2.75, 3.05) is 0 Å². The Hall–Kier alpha value is -2.31. The average molecular weight is 331 g/mol. The van der Waals surface area contributed by atoms with Gasteiger partial charge in [0.05, 0.1) is 0 Å². The van der Waals surface area contributed by atoms with Gasteiger partial charge in [-0.1, -0.05) is 34.6 Å². The van der Waals surface area contributed by atoms with Crippen LogP contribution in [-0.4, -0.2) is 23.1 Å². The van der Waals surface area contributed by atoms with Crippen molar-refractivity contribution in [3.8, 4) is 0 Å². The number of hydrogen-bond acceptors (Lipinski definition) is 3. The van der Waals surface area contributed by atoms with Gasteiger partial charge in [0.1, 0.15) is 0 Å². The Bertz CT molecular complexity index is 1050. The van der Waals surface area contributed by atoms with Crippen molar-refractivity contribution in [3.05, 3.63) is 32.7 Å². The highest BCUT2D eigenvalue weighted by atomic mass is 16.2. The van der Waals surface area contributed by atoms with Gasteiger partial charge in [0.25, 0.3) is 5.56 Å². The molecule has 3 aromatic rings. The molecule has 0 radical (unpaired) electrons.